The fourth-order valence-electron chi connectivity index (χ4n) is 1.87. The Labute approximate surface area is 113 Å². The number of carboxylic acid groups (broad SMARTS) is 1. The molecule has 0 aliphatic carbocycles. The summed E-state index contributed by atoms with van der Waals surface area (Å²) in [7, 11) is 0. The van der Waals surface area contributed by atoms with Crippen molar-refractivity contribution in [1.82, 2.24) is 5.32 Å². The van der Waals surface area contributed by atoms with E-state index in [1.54, 1.807) is 6.92 Å². The van der Waals surface area contributed by atoms with Gasteiger partial charge >= 0.3 is 5.97 Å². The van der Waals surface area contributed by atoms with Crippen LogP contribution in [0.1, 0.15) is 38.2 Å². The quantitative estimate of drug-likeness (QED) is 0.794. The zero-order valence-corrected chi connectivity index (χ0v) is 11.4. The molecule has 0 spiro atoms. The van der Waals surface area contributed by atoms with Gasteiger partial charge in [0.2, 0.25) is 5.91 Å². The molecule has 2 unspecified atom stereocenters. The van der Waals surface area contributed by atoms with Crippen LogP contribution in [-0.2, 0) is 9.59 Å². The van der Waals surface area contributed by atoms with Gasteiger partial charge in [-0.25, -0.2) is 0 Å². The monoisotopic (exact) mass is 263 g/mol. The number of benzene rings is 1. The molecule has 0 fully saturated rings. The molecule has 1 aromatic carbocycles. The van der Waals surface area contributed by atoms with Gasteiger partial charge < -0.3 is 10.4 Å². The van der Waals surface area contributed by atoms with E-state index in [0.717, 1.165) is 12.0 Å². The van der Waals surface area contributed by atoms with Crippen LogP contribution in [0.2, 0.25) is 0 Å². The Hall–Kier alpha value is -1.84. The number of aliphatic carboxylic acids is 1. The summed E-state index contributed by atoms with van der Waals surface area (Å²) >= 11 is 0. The largest absolute Gasteiger partial charge is 0.481 e. The van der Waals surface area contributed by atoms with Crippen molar-refractivity contribution in [3.05, 3.63) is 35.9 Å². The van der Waals surface area contributed by atoms with Crippen molar-refractivity contribution in [2.24, 2.45) is 5.92 Å². The first-order valence-electron chi connectivity index (χ1n) is 6.59. The summed E-state index contributed by atoms with van der Waals surface area (Å²) < 4.78 is 0. The second kappa shape index (κ2) is 7.56. The highest BCUT2D eigenvalue weighted by Crippen LogP contribution is 2.22. The lowest BCUT2D eigenvalue weighted by molar-refractivity contribution is -0.141. The summed E-state index contributed by atoms with van der Waals surface area (Å²) in [6.45, 7) is 3.81. The van der Waals surface area contributed by atoms with Crippen molar-refractivity contribution in [2.75, 3.05) is 6.54 Å². The van der Waals surface area contributed by atoms with Crippen LogP contribution in [0.15, 0.2) is 30.3 Å². The third-order valence-corrected chi connectivity index (χ3v) is 3.22. The van der Waals surface area contributed by atoms with Gasteiger partial charge in [0.05, 0.1) is 5.92 Å². The van der Waals surface area contributed by atoms with Crippen LogP contribution in [0.3, 0.4) is 0 Å². The van der Waals surface area contributed by atoms with Gasteiger partial charge in [-0.1, -0.05) is 44.2 Å². The molecule has 0 aromatic heterocycles. The predicted octanol–water partition coefficient (Wildman–Crippen LogP) is 2.41. The van der Waals surface area contributed by atoms with Gasteiger partial charge in [0.15, 0.2) is 0 Å². The number of rotatable bonds is 7. The zero-order chi connectivity index (χ0) is 14.3. The first kappa shape index (κ1) is 15.2. The Bertz CT molecular complexity index is 417. The van der Waals surface area contributed by atoms with E-state index in [9.17, 15) is 9.59 Å². The maximum Gasteiger partial charge on any atom is 0.308 e. The Morgan fingerprint density at radius 1 is 1.26 bits per heavy atom. The molecular weight excluding hydrogens is 242 g/mol. The molecule has 2 atom stereocenters. The third-order valence-electron chi connectivity index (χ3n) is 3.22. The minimum absolute atomic E-state index is 0.0937. The SMILES string of the molecule is CCC(CC(=O)NCC(C)C(=O)O)c1ccccc1. The predicted molar refractivity (Wildman–Crippen MR) is 73.9 cm³/mol. The standard InChI is InChI=1S/C15H21NO3/c1-3-12(13-7-5-4-6-8-13)9-14(17)16-10-11(2)15(18)19/h4-8,11-12H,3,9-10H2,1-2H3,(H,16,17)(H,18,19). The summed E-state index contributed by atoms with van der Waals surface area (Å²) in [6, 6.07) is 9.90. The lowest BCUT2D eigenvalue weighted by atomic mass is 9.93. The van der Waals surface area contributed by atoms with E-state index in [2.05, 4.69) is 5.32 Å². The molecule has 4 heteroatoms. The highest BCUT2D eigenvalue weighted by Gasteiger charge is 2.16. The molecule has 0 saturated carbocycles. The minimum atomic E-state index is -0.893. The van der Waals surface area contributed by atoms with E-state index >= 15 is 0 Å². The molecule has 0 radical (unpaired) electrons. The normalized spacial score (nSPS) is 13.6. The average molecular weight is 263 g/mol. The molecular formula is C15H21NO3. The van der Waals surface area contributed by atoms with Gasteiger partial charge in [-0.2, -0.15) is 0 Å². The van der Waals surface area contributed by atoms with Gasteiger partial charge in [-0.05, 0) is 17.9 Å². The number of amides is 1. The lowest BCUT2D eigenvalue weighted by Crippen LogP contribution is -2.32. The van der Waals surface area contributed by atoms with E-state index in [1.165, 1.54) is 0 Å². The fourth-order valence-corrected chi connectivity index (χ4v) is 1.87. The van der Waals surface area contributed by atoms with Gasteiger partial charge in [0.1, 0.15) is 0 Å². The highest BCUT2D eigenvalue weighted by molar-refractivity contribution is 5.78. The van der Waals surface area contributed by atoms with Crippen LogP contribution in [0, 0.1) is 5.92 Å². The summed E-state index contributed by atoms with van der Waals surface area (Å²) in [5, 5.41) is 11.4. The van der Waals surface area contributed by atoms with Crippen LogP contribution in [0.5, 0.6) is 0 Å². The Kier molecular flexibility index (Phi) is 6.06. The Morgan fingerprint density at radius 3 is 2.42 bits per heavy atom. The zero-order valence-electron chi connectivity index (χ0n) is 11.4. The number of nitrogens with one attached hydrogen (secondary N) is 1. The molecule has 2 N–H and O–H groups in total. The summed E-state index contributed by atoms with van der Waals surface area (Å²) in [5.74, 6) is -1.36. The third kappa shape index (κ3) is 5.12. The molecule has 0 heterocycles. The second-order valence-electron chi connectivity index (χ2n) is 4.76. The Balaban J connectivity index is 2.48. The smallest absolute Gasteiger partial charge is 0.308 e. The number of carbonyl (C=O) groups is 2. The maximum absolute atomic E-state index is 11.8. The lowest BCUT2D eigenvalue weighted by Gasteiger charge is -2.15. The average Bonchev–Trinajstić information content (AvgIpc) is 2.42. The molecule has 104 valence electrons. The van der Waals surface area contributed by atoms with E-state index in [1.807, 2.05) is 37.3 Å². The number of carbonyl (C=O) groups excluding carboxylic acids is 1. The van der Waals surface area contributed by atoms with Crippen LogP contribution in [-0.4, -0.2) is 23.5 Å². The van der Waals surface area contributed by atoms with Crippen molar-refractivity contribution >= 4 is 11.9 Å². The number of hydrogen-bond donors (Lipinski definition) is 2. The first-order valence-corrected chi connectivity index (χ1v) is 6.59. The van der Waals surface area contributed by atoms with Crippen LogP contribution >= 0.6 is 0 Å². The van der Waals surface area contributed by atoms with Crippen molar-refractivity contribution in [3.63, 3.8) is 0 Å². The van der Waals surface area contributed by atoms with Crippen LogP contribution < -0.4 is 5.32 Å². The maximum atomic E-state index is 11.8. The van der Waals surface area contributed by atoms with Crippen molar-refractivity contribution in [2.45, 2.75) is 32.6 Å². The van der Waals surface area contributed by atoms with Crippen molar-refractivity contribution in [1.29, 1.82) is 0 Å². The van der Waals surface area contributed by atoms with E-state index in [0.29, 0.717) is 6.42 Å². The fraction of sp³-hybridized carbons (Fsp3) is 0.467. The molecule has 1 rings (SSSR count). The molecule has 4 nitrogen and oxygen atoms in total. The van der Waals surface area contributed by atoms with E-state index < -0.39 is 11.9 Å². The second-order valence-corrected chi connectivity index (χ2v) is 4.76. The van der Waals surface area contributed by atoms with Gasteiger partial charge in [0.25, 0.3) is 0 Å². The molecule has 0 aliphatic rings. The minimum Gasteiger partial charge on any atom is -0.481 e. The summed E-state index contributed by atoms with van der Waals surface area (Å²) in [6.07, 6.45) is 1.28. The number of hydrogen-bond acceptors (Lipinski definition) is 2. The van der Waals surface area contributed by atoms with Crippen molar-refractivity contribution in [3.8, 4) is 0 Å². The first-order chi connectivity index (χ1) is 9.04. The highest BCUT2D eigenvalue weighted by atomic mass is 16.4. The Morgan fingerprint density at radius 2 is 1.89 bits per heavy atom. The topological polar surface area (TPSA) is 66.4 Å². The van der Waals surface area contributed by atoms with Crippen LogP contribution in [0.4, 0.5) is 0 Å². The summed E-state index contributed by atoms with van der Waals surface area (Å²) in [4.78, 5) is 22.5. The molecule has 1 amide bonds. The molecule has 0 bridgehead atoms. The molecule has 0 aliphatic heterocycles. The number of carboxylic acids is 1. The molecule has 1 aromatic rings. The summed E-state index contributed by atoms with van der Waals surface area (Å²) in [5.41, 5.74) is 1.14. The van der Waals surface area contributed by atoms with Crippen molar-refractivity contribution < 1.29 is 14.7 Å². The van der Waals surface area contributed by atoms with E-state index in [4.69, 9.17) is 5.11 Å². The van der Waals surface area contributed by atoms with Gasteiger partial charge in [0, 0.05) is 13.0 Å². The van der Waals surface area contributed by atoms with E-state index in [-0.39, 0.29) is 18.4 Å². The van der Waals surface area contributed by atoms with Gasteiger partial charge in [-0.3, -0.25) is 9.59 Å². The molecule has 0 saturated heterocycles. The van der Waals surface area contributed by atoms with Crippen LogP contribution in [0.25, 0.3) is 0 Å². The van der Waals surface area contributed by atoms with Gasteiger partial charge in [-0.15, -0.1) is 0 Å². The molecule has 19 heavy (non-hydrogen) atoms.